The Kier molecular flexibility index (Phi) is 4.91. The highest BCUT2D eigenvalue weighted by atomic mass is 16.5. The molecule has 23 heavy (non-hydrogen) atoms. The fourth-order valence-electron chi connectivity index (χ4n) is 3.17. The van der Waals surface area contributed by atoms with E-state index in [1.165, 1.54) is 0 Å². The largest absolute Gasteiger partial charge is 0.378 e. The maximum absolute atomic E-state index is 12.6. The molecule has 2 amide bonds. The molecule has 2 saturated heterocycles. The minimum absolute atomic E-state index is 0.0586. The lowest BCUT2D eigenvalue weighted by Crippen LogP contribution is -2.41. The van der Waals surface area contributed by atoms with Crippen molar-refractivity contribution in [2.45, 2.75) is 19.8 Å². The molecule has 6 nitrogen and oxygen atoms in total. The van der Waals surface area contributed by atoms with Gasteiger partial charge >= 0.3 is 0 Å². The summed E-state index contributed by atoms with van der Waals surface area (Å²) in [6.07, 6.45) is 3.74. The average molecular weight is 317 g/mol. The third kappa shape index (κ3) is 3.69. The lowest BCUT2D eigenvalue weighted by atomic mass is 10.00. The highest BCUT2D eigenvalue weighted by molar-refractivity contribution is 5.98. The molecule has 1 aromatic rings. The molecular weight excluding hydrogens is 294 g/mol. The summed E-state index contributed by atoms with van der Waals surface area (Å²) < 4.78 is 5.27. The maximum atomic E-state index is 12.6. The molecule has 1 atom stereocenters. The molecule has 2 aliphatic rings. The molecule has 2 aliphatic heterocycles. The van der Waals surface area contributed by atoms with Crippen LogP contribution in [0.25, 0.3) is 0 Å². The first-order chi connectivity index (χ1) is 11.1. The Morgan fingerprint density at radius 3 is 2.70 bits per heavy atom. The number of hydrogen-bond acceptors (Lipinski definition) is 4. The van der Waals surface area contributed by atoms with Gasteiger partial charge in [0.1, 0.15) is 5.69 Å². The number of amides is 2. The molecule has 3 rings (SSSR count). The third-order valence-electron chi connectivity index (χ3n) is 4.47. The molecular formula is C17H23N3O3. The zero-order valence-electron chi connectivity index (χ0n) is 13.5. The summed E-state index contributed by atoms with van der Waals surface area (Å²) in [5.74, 6) is 0.385. The van der Waals surface area contributed by atoms with Gasteiger partial charge in [0.15, 0.2) is 0 Å². The summed E-state index contributed by atoms with van der Waals surface area (Å²) in [4.78, 5) is 32.9. The molecule has 1 aromatic heterocycles. The van der Waals surface area contributed by atoms with Crippen LogP contribution in [0.4, 0.5) is 0 Å². The number of piperidine rings is 1. The van der Waals surface area contributed by atoms with Crippen molar-refractivity contribution < 1.29 is 14.3 Å². The summed E-state index contributed by atoms with van der Waals surface area (Å²) in [5, 5.41) is 0. The monoisotopic (exact) mass is 317 g/mol. The second-order valence-electron chi connectivity index (χ2n) is 6.33. The van der Waals surface area contributed by atoms with E-state index in [1.807, 2.05) is 4.90 Å². The predicted octanol–water partition coefficient (Wildman–Crippen LogP) is 1.43. The van der Waals surface area contributed by atoms with Gasteiger partial charge in [0.25, 0.3) is 11.8 Å². The fourth-order valence-corrected chi connectivity index (χ4v) is 3.17. The Morgan fingerprint density at radius 2 is 1.96 bits per heavy atom. The predicted molar refractivity (Wildman–Crippen MR) is 85.3 cm³/mol. The highest BCUT2D eigenvalue weighted by Crippen LogP contribution is 2.18. The zero-order valence-corrected chi connectivity index (χ0v) is 13.5. The molecule has 1 unspecified atom stereocenters. The lowest BCUT2D eigenvalue weighted by Gasteiger charge is -2.30. The van der Waals surface area contributed by atoms with Crippen molar-refractivity contribution in [2.24, 2.45) is 5.92 Å². The molecule has 2 fully saturated rings. The van der Waals surface area contributed by atoms with Gasteiger partial charge in [-0.05, 0) is 30.9 Å². The van der Waals surface area contributed by atoms with Crippen LogP contribution in [-0.4, -0.2) is 66.0 Å². The maximum Gasteiger partial charge on any atom is 0.272 e. The molecule has 0 bridgehead atoms. The Bertz CT molecular complexity index is 584. The first-order valence-electron chi connectivity index (χ1n) is 8.27. The Hall–Kier alpha value is -1.95. The van der Waals surface area contributed by atoms with Crippen LogP contribution in [0.3, 0.4) is 0 Å². The van der Waals surface area contributed by atoms with Gasteiger partial charge in [-0.2, -0.15) is 0 Å². The second-order valence-corrected chi connectivity index (χ2v) is 6.33. The first-order valence-corrected chi connectivity index (χ1v) is 8.27. The van der Waals surface area contributed by atoms with Gasteiger partial charge in [-0.25, -0.2) is 0 Å². The van der Waals surface area contributed by atoms with E-state index in [-0.39, 0.29) is 11.8 Å². The number of nitrogens with zero attached hydrogens (tertiary/aromatic N) is 3. The van der Waals surface area contributed by atoms with Crippen molar-refractivity contribution in [1.82, 2.24) is 14.8 Å². The van der Waals surface area contributed by atoms with E-state index in [2.05, 4.69) is 11.9 Å². The van der Waals surface area contributed by atoms with Gasteiger partial charge in [-0.15, -0.1) is 0 Å². The quantitative estimate of drug-likeness (QED) is 0.828. The SMILES string of the molecule is CC1CCCN(C(=O)c2cc(C(=O)N3CCOCC3)ccn2)C1. The topological polar surface area (TPSA) is 62.7 Å². The van der Waals surface area contributed by atoms with Gasteiger partial charge < -0.3 is 14.5 Å². The summed E-state index contributed by atoms with van der Waals surface area (Å²) in [7, 11) is 0. The van der Waals surface area contributed by atoms with E-state index in [9.17, 15) is 9.59 Å². The number of aromatic nitrogens is 1. The Morgan fingerprint density at radius 1 is 1.17 bits per heavy atom. The van der Waals surface area contributed by atoms with Gasteiger partial charge in [0.2, 0.25) is 0 Å². The molecule has 0 aromatic carbocycles. The summed E-state index contributed by atoms with van der Waals surface area (Å²) in [5.41, 5.74) is 0.883. The standard InChI is InChI=1S/C17H23N3O3/c1-13-3-2-6-20(12-13)17(22)15-11-14(4-5-18-15)16(21)19-7-9-23-10-8-19/h4-5,11,13H,2-3,6-10,12H2,1H3. The molecule has 0 radical (unpaired) electrons. The van der Waals surface area contributed by atoms with E-state index in [0.29, 0.717) is 43.5 Å². The molecule has 124 valence electrons. The molecule has 0 N–H and O–H groups in total. The van der Waals surface area contributed by atoms with Crippen molar-refractivity contribution in [2.75, 3.05) is 39.4 Å². The zero-order chi connectivity index (χ0) is 16.2. The van der Waals surface area contributed by atoms with Crippen LogP contribution in [0.5, 0.6) is 0 Å². The Balaban J connectivity index is 1.73. The van der Waals surface area contributed by atoms with Crippen molar-refractivity contribution in [3.05, 3.63) is 29.6 Å². The number of ether oxygens (including phenoxy) is 1. The summed E-state index contributed by atoms with van der Waals surface area (Å²) >= 11 is 0. The fraction of sp³-hybridized carbons (Fsp3) is 0.588. The average Bonchev–Trinajstić information content (AvgIpc) is 2.61. The minimum Gasteiger partial charge on any atom is -0.378 e. The van der Waals surface area contributed by atoms with Gasteiger partial charge in [-0.1, -0.05) is 6.92 Å². The lowest BCUT2D eigenvalue weighted by molar-refractivity contribution is 0.0302. The molecule has 0 saturated carbocycles. The number of carbonyl (C=O) groups excluding carboxylic acids is 2. The minimum atomic E-state index is -0.0758. The number of hydrogen-bond donors (Lipinski definition) is 0. The summed E-state index contributed by atoms with van der Waals surface area (Å²) in [6, 6.07) is 3.30. The van der Waals surface area contributed by atoms with Crippen LogP contribution in [0, 0.1) is 5.92 Å². The first kappa shape index (κ1) is 15.9. The Labute approximate surface area is 136 Å². The van der Waals surface area contributed by atoms with E-state index in [4.69, 9.17) is 4.74 Å². The summed E-state index contributed by atoms with van der Waals surface area (Å²) in [6.45, 7) is 6.00. The number of rotatable bonds is 2. The third-order valence-corrected chi connectivity index (χ3v) is 4.47. The van der Waals surface area contributed by atoms with Gasteiger partial charge in [0.05, 0.1) is 13.2 Å². The highest BCUT2D eigenvalue weighted by Gasteiger charge is 2.24. The van der Waals surface area contributed by atoms with Crippen LogP contribution in [0.15, 0.2) is 18.3 Å². The van der Waals surface area contributed by atoms with Crippen LogP contribution >= 0.6 is 0 Å². The van der Waals surface area contributed by atoms with Crippen molar-refractivity contribution >= 4 is 11.8 Å². The van der Waals surface area contributed by atoms with Crippen LogP contribution < -0.4 is 0 Å². The number of morpholine rings is 1. The van der Waals surface area contributed by atoms with E-state index < -0.39 is 0 Å². The van der Waals surface area contributed by atoms with Gasteiger partial charge in [-0.3, -0.25) is 14.6 Å². The molecule has 0 aliphatic carbocycles. The van der Waals surface area contributed by atoms with E-state index in [0.717, 1.165) is 25.9 Å². The number of carbonyl (C=O) groups is 2. The number of pyridine rings is 1. The number of likely N-dealkylation sites (tertiary alicyclic amines) is 1. The molecule has 0 spiro atoms. The second kappa shape index (κ2) is 7.08. The van der Waals surface area contributed by atoms with Crippen LogP contribution in [0.2, 0.25) is 0 Å². The normalized spacial score (nSPS) is 22.0. The van der Waals surface area contributed by atoms with Crippen LogP contribution in [0.1, 0.15) is 40.6 Å². The molecule has 3 heterocycles. The molecule has 6 heteroatoms. The van der Waals surface area contributed by atoms with Crippen molar-refractivity contribution in [1.29, 1.82) is 0 Å². The smallest absolute Gasteiger partial charge is 0.272 e. The van der Waals surface area contributed by atoms with Crippen LogP contribution in [-0.2, 0) is 4.74 Å². The van der Waals surface area contributed by atoms with Crippen molar-refractivity contribution in [3.8, 4) is 0 Å². The van der Waals surface area contributed by atoms with E-state index >= 15 is 0 Å². The van der Waals surface area contributed by atoms with Crippen molar-refractivity contribution in [3.63, 3.8) is 0 Å². The van der Waals surface area contributed by atoms with Gasteiger partial charge in [0, 0.05) is 37.9 Å². The van der Waals surface area contributed by atoms with E-state index in [1.54, 1.807) is 23.2 Å².